The Bertz CT molecular complexity index is 931. The van der Waals surface area contributed by atoms with Gasteiger partial charge in [0.15, 0.2) is 0 Å². The summed E-state index contributed by atoms with van der Waals surface area (Å²) < 4.78 is 26.8. The molecule has 8 nitrogen and oxygen atoms in total. The van der Waals surface area contributed by atoms with Crippen LogP contribution in [0.25, 0.3) is 11.0 Å². The first-order valence-electron chi connectivity index (χ1n) is 6.63. The maximum atomic E-state index is 12.2. The van der Waals surface area contributed by atoms with Gasteiger partial charge < -0.3 is 4.98 Å². The normalized spacial score (nSPS) is 11.7. The molecular weight excluding hydrogens is 320 g/mol. The number of rotatable bonds is 5. The van der Waals surface area contributed by atoms with Crippen molar-refractivity contribution in [2.75, 3.05) is 0 Å². The fraction of sp³-hybridized carbons (Fsp3) is 0.0714. The van der Waals surface area contributed by atoms with Crippen LogP contribution in [0.2, 0.25) is 0 Å². The van der Waals surface area contributed by atoms with E-state index in [9.17, 15) is 18.5 Å². The number of non-ortho nitro benzene ring substituents is 1. The standard InChI is InChI=1S/C14H12N4O4S/c19-18(20)10-5-7-11(8-6-10)23(21,22)15-9-14-16-12-3-1-2-4-13(12)17-14/h1-8,15H,9H2,(H,16,17). The number of nitro benzene ring substituents is 1. The average Bonchev–Trinajstić information content (AvgIpc) is 2.96. The first-order valence-corrected chi connectivity index (χ1v) is 8.12. The number of aromatic amines is 1. The number of nitrogens with one attached hydrogen (secondary N) is 2. The first kappa shape index (κ1) is 15.1. The molecule has 118 valence electrons. The van der Waals surface area contributed by atoms with Crippen molar-refractivity contribution in [2.45, 2.75) is 11.4 Å². The Kier molecular flexibility index (Phi) is 3.80. The molecule has 0 unspecified atom stereocenters. The Morgan fingerprint density at radius 1 is 1.13 bits per heavy atom. The van der Waals surface area contributed by atoms with E-state index >= 15 is 0 Å². The summed E-state index contributed by atoms with van der Waals surface area (Å²) in [5.74, 6) is 0.483. The summed E-state index contributed by atoms with van der Waals surface area (Å²) in [6.45, 7) is -0.00595. The van der Waals surface area contributed by atoms with Gasteiger partial charge in [-0.3, -0.25) is 10.1 Å². The molecule has 1 aromatic heterocycles. The average molecular weight is 332 g/mol. The Balaban J connectivity index is 1.76. The highest BCUT2D eigenvalue weighted by Gasteiger charge is 2.16. The highest BCUT2D eigenvalue weighted by molar-refractivity contribution is 7.89. The monoisotopic (exact) mass is 332 g/mol. The van der Waals surface area contributed by atoms with Crippen molar-refractivity contribution < 1.29 is 13.3 Å². The maximum Gasteiger partial charge on any atom is 0.269 e. The molecule has 0 spiro atoms. The van der Waals surface area contributed by atoms with Crippen LogP contribution in [-0.4, -0.2) is 23.3 Å². The van der Waals surface area contributed by atoms with Crippen LogP contribution in [-0.2, 0) is 16.6 Å². The van der Waals surface area contributed by atoms with Crippen LogP contribution < -0.4 is 4.72 Å². The first-order chi connectivity index (χ1) is 11.0. The number of imidazole rings is 1. The van der Waals surface area contributed by atoms with E-state index < -0.39 is 14.9 Å². The molecule has 0 aliphatic heterocycles. The van der Waals surface area contributed by atoms with E-state index in [-0.39, 0.29) is 17.1 Å². The number of H-pyrrole nitrogens is 1. The van der Waals surface area contributed by atoms with Crippen molar-refractivity contribution in [1.82, 2.24) is 14.7 Å². The molecule has 1 heterocycles. The van der Waals surface area contributed by atoms with Gasteiger partial charge in [0.25, 0.3) is 5.69 Å². The van der Waals surface area contributed by atoms with Gasteiger partial charge in [-0.1, -0.05) is 12.1 Å². The van der Waals surface area contributed by atoms with Gasteiger partial charge in [-0.05, 0) is 24.3 Å². The number of benzene rings is 2. The number of aromatic nitrogens is 2. The SMILES string of the molecule is O=[N+]([O-])c1ccc(S(=O)(=O)NCc2nc3ccccc3[nH]2)cc1. The Morgan fingerprint density at radius 2 is 1.83 bits per heavy atom. The quantitative estimate of drug-likeness (QED) is 0.547. The van der Waals surface area contributed by atoms with E-state index in [1.54, 1.807) is 0 Å². The summed E-state index contributed by atoms with van der Waals surface area (Å²) in [4.78, 5) is 17.2. The molecule has 2 aromatic carbocycles. The highest BCUT2D eigenvalue weighted by atomic mass is 32.2. The zero-order chi connectivity index (χ0) is 16.4. The van der Waals surface area contributed by atoms with Gasteiger partial charge in [0.2, 0.25) is 10.0 Å². The van der Waals surface area contributed by atoms with Crippen LogP contribution in [0, 0.1) is 10.1 Å². The molecule has 0 atom stereocenters. The predicted molar refractivity (Wildman–Crippen MR) is 83.2 cm³/mol. The molecule has 0 saturated heterocycles. The maximum absolute atomic E-state index is 12.2. The molecule has 9 heteroatoms. The van der Waals surface area contributed by atoms with Gasteiger partial charge in [-0.2, -0.15) is 0 Å². The third kappa shape index (κ3) is 3.20. The summed E-state index contributed by atoms with van der Waals surface area (Å²) in [6, 6.07) is 12.0. The van der Waals surface area contributed by atoms with Gasteiger partial charge in [-0.25, -0.2) is 18.1 Å². The van der Waals surface area contributed by atoms with Crippen molar-refractivity contribution >= 4 is 26.7 Å². The molecule has 23 heavy (non-hydrogen) atoms. The number of nitro groups is 1. The van der Waals surface area contributed by atoms with Crippen molar-refractivity contribution in [2.24, 2.45) is 0 Å². The summed E-state index contributed by atoms with van der Waals surface area (Å²) in [6.07, 6.45) is 0. The fourth-order valence-corrected chi connectivity index (χ4v) is 3.07. The Hall–Kier alpha value is -2.78. The molecule has 0 fully saturated rings. The molecule has 2 N–H and O–H groups in total. The fourth-order valence-electron chi connectivity index (χ4n) is 2.08. The summed E-state index contributed by atoms with van der Waals surface area (Å²) >= 11 is 0. The zero-order valence-electron chi connectivity index (χ0n) is 11.8. The van der Waals surface area contributed by atoms with Crippen LogP contribution in [0.15, 0.2) is 53.4 Å². The summed E-state index contributed by atoms with van der Waals surface area (Å²) in [7, 11) is -3.77. The van der Waals surface area contributed by atoms with E-state index in [1.165, 1.54) is 12.1 Å². The molecule has 0 aliphatic carbocycles. The third-order valence-corrected chi connectivity index (χ3v) is 4.64. The van der Waals surface area contributed by atoms with Crippen molar-refractivity contribution in [3.63, 3.8) is 0 Å². The highest BCUT2D eigenvalue weighted by Crippen LogP contribution is 2.16. The zero-order valence-corrected chi connectivity index (χ0v) is 12.6. The lowest BCUT2D eigenvalue weighted by Crippen LogP contribution is -2.23. The lowest BCUT2D eigenvalue weighted by atomic mass is 10.3. The number of fused-ring (bicyclic) bond motifs is 1. The number of hydrogen-bond acceptors (Lipinski definition) is 5. The van der Waals surface area contributed by atoms with Gasteiger partial charge in [0.1, 0.15) is 5.82 Å². The third-order valence-electron chi connectivity index (χ3n) is 3.23. The molecular formula is C14H12N4O4S. The van der Waals surface area contributed by atoms with Gasteiger partial charge in [-0.15, -0.1) is 0 Å². The van der Waals surface area contributed by atoms with E-state index in [4.69, 9.17) is 0 Å². The predicted octanol–water partition coefficient (Wildman–Crippen LogP) is 1.95. The van der Waals surface area contributed by atoms with E-state index in [1.807, 2.05) is 24.3 Å². The van der Waals surface area contributed by atoms with Crippen LogP contribution in [0.3, 0.4) is 0 Å². The smallest absolute Gasteiger partial charge is 0.269 e. The number of para-hydroxylation sites is 2. The van der Waals surface area contributed by atoms with Gasteiger partial charge in [0, 0.05) is 12.1 Å². The second-order valence-electron chi connectivity index (χ2n) is 4.78. The van der Waals surface area contributed by atoms with Crippen molar-refractivity contribution in [1.29, 1.82) is 0 Å². The Labute approximate surface area is 131 Å². The molecule has 0 radical (unpaired) electrons. The molecule has 3 aromatic rings. The second kappa shape index (κ2) is 5.78. The number of nitrogens with zero attached hydrogens (tertiary/aromatic N) is 2. The largest absolute Gasteiger partial charge is 0.341 e. The Morgan fingerprint density at radius 3 is 2.48 bits per heavy atom. The molecule has 3 rings (SSSR count). The van der Waals surface area contributed by atoms with Crippen molar-refractivity contribution in [3.8, 4) is 0 Å². The van der Waals surface area contributed by atoms with Crippen LogP contribution in [0.1, 0.15) is 5.82 Å². The van der Waals surface area contributed by atoms with Crippen LogP contribution in [0.4, 0.5) is 5.69 Å². The minimum atomic E-state index is -3.77. The summed E-state index contributed by atoms with van der Waals surface area (Å²) in [5.41, 5.74) is 1.40. The second-order valence-corrected chi connectivity index (χ2v) is 6.54. The van der Waals surface area contributed by atoms with Gasteiger partial charge >= 0.3 is 0 Å². The molecule has 0 saturated carbocycles. The number of hydrogen-bond donors (Lipinski definition) is 2. The lowest BCUT2D eigenvalue weighted by Gasteiger charge is -2.04. The van der Waals surface area contributed by atoms with E-state index in [0.29, 0.717) is 5.82 Å². The molecule has 0 amide bonds. The minimum absolute atomic E-state index is 0.00595. The van der Waals surface area contributed by atoms with E-state index in [0.717, 1.165) is 23.2 Å². The topological polar surface area (TPSA) is 118 Å². The minimum Gasteiger partial charge on any atom is -0.341 e. The van der Waals surface area contributed by atoms with Crippen LogP contribution in [0.5, 0.6) is 0 Å². The molecule has 0 bridgehead atoms. The van der Waals surface area contributed by atoms with Gasteiger partial charge in [0.05, 0.1) is 27.4 Å². The number of sulfonamides is 1. The summed E-state index contributed by atoms with van der Waals surface area (Å²) in [5, 5.41) is 10.6. The van der Waals surface area contributed by atoms with Crippen LogP contribution >= 0.6 is 0 Å². The van der Waals surface area contributed by atoms with Crippen molar-refractivity contribution in [3.05, 3.63) is 64.5 Å². The van der Waals surface area contributed by atoms with E-state index in [2.05, 4.69) is 14.7 Å². The lowest BCUT2D eigenvalue weighted by molar-refractivity contribution is -0.384. The molecule has 0 aliphatic rings.